The Kier molecular flexibility index (Phi) is 4.59. The van der Waals surface area contributed by atoms with Crippen molar-refractivity contribution in [2.24, 2.45) is 5.41 Å². The van der Waals surface area contributed by atoms with Gasteiger partial charge in [0.15, 0.2) is 0 Å². The summed E-state index contributed by atoms with van der Waals surface area (Å²) in [5, 5.41) is 0. The van der Waals surface area contributed by atoms with Crippen molar-refractivity contribution in [1.82, 2.24) is 0 Å². The molecule has 1 atom stereocenters. The molecular weight excluding hydrogens is 211 g/mol. The molecule has 2 heteroatoms. The highest BCUT2D eigenvalue weighted by Crippen LogP contribution is 2.29. The average molecular weight is 229 g/mol. The molecule has 0 saturated heterocycles. The molecule has 0 radical (unpaired) electrons. The second-order valence-electron chi connectivity index (χ2n) is 4.50. The summed E-state index contributed by atoms with van der Waals surface area (Å²) in [5.41, 5.74) is 1.29. The van der Waals surface area contributed by atoms with Crippen LogP contribution in [0.4, 0.5) is 4.39 Å². The number of rotatable bonds is 5. The maximum atomic E-state index is 12.7. The molecule has 0 fully saturated rings. The van der Waals surface area contributed by atoms with Crippen LogP contribution in [-0.4, -0.2) is 5.88 Å². The summed E-state index contributed by atoms with van der Waals surface area (Å²) < 4.78 is 12.7. The van der Waals surface area contributed by atoms with Crippen LogP contribution in [0.15, 0.2) is 24.3 Å². The minimum atomic E-state index is -0.179. The summed E-state index contributed by atoms with van der Waals surface area (Å²) in [4.78, 5) is 0. The standard InChI is InChI=1S/C13H18ClF/c1-3-8-13(2,10-14)9-11-4-6-12(15)7-5-11/h4-7H,3,8-10H2,1-2H3. The summed E-state index contributed by atoms with van der Waals surface area (Å²) >= 11 is 5.99. The number of halogens is 2. The van der Waals surface area contributed by atoms with Crippen molar-refractivity contribution in [1.29, 1.82) is 0 Å². The van der Waals surface area contributed by atoms with Gasteiger partial charge in [-0.05, 0) is 36.0 Å². The van der Waals surface area contributed by atoms with Crippen molar-refractivity contribution in [3.8, 4) is 0 Å². The SMILES string of the molecule is CCCC(C)(CCl)Cc1ccc(F)cc1. The second kappa shape index (κ2) is 5.50. The summed E-state index contributed by atoms with van der Waals surface area (Å²) in [6.07, 6.45) is 3.16. The quantitative estimate of drug-likeness (QED) is 0.655. The van der Waals surface area contributed by atoms with Gasteiger partial charge in [-0.1, -0.05) is 32.4 Å². The predicted octanol–water partition coefficient (Wildman–Crippen LogP) is 4.41. The topological polar surface area (TPSA) is 0 Å². The Balaban J connectivity index is 2.70. The Morgan fingerprint density at radius 1 is 1.27 bits per heavy atom. The monoisotopic (exact) mass is 228 g/mol. The molecule has 84 valence electrons. The van der Waals surface area contributed by atoms with E-state index in [2.05, 4.69) is 13.8 Å². The van der Waals surface area contributed by atoms with Gasteiger partial charge in [0, 0.05) is 5.88 Å². The van der Waals surface area contributed by atoms with Crippen LogP contribution in [0.1, 0.15) is 32.3 Å². The zero-order valence-electron chi connectivity index (χ0n) is 9.39. The predicted molar refractivity (Wildman–Crippen MR) is 63.8 cm³/mol. The molecule has 0 heterocycles. The van der Waals surface area contributed by atoms with E-state index in [0.29, 0.717) is 5.88 Å². The fourth-order valence-electron chi connectivity index (χ4n) is 1.90. The average Bonchev–Trinajstić information content (AvgIpc) is 2.22. The number of hydrogen-bond donors (Lipinski definition) is 0. The smallest absolute Gasteiger partial charge is 0.123 e. The lowest BCUT2D eigenvalue weighted by atomic mass is 9.81. The van der Waals surface area contributed by atoms with Crippen LogP contribution in [0, 0.1) is 11.2 Å². The second-order valence-corrected chi connectivity index (χ2v) is 4.76. The van der Waals surface area contributed by atoms with Crippen molar-refractivity contribution in [2.45, 2.75) is 33.1 Å². The summed E-state index contributed by atoms with van der Waals surface area (Å²) in [5.74, 6) is 0.472. The zero-order chi connectivity index (χ0) is 11.3. The fraction of sp³-hybridized carbons (Fsp3) is 0.538. The van der Waals surface area contributed by atoms with Gasteiger partial charge in [0.2, 0.25) is 0 Å². The number of benzene rings is 1. The first-order valence-corrected chi connectivity index (χ1v) is 5.93. The molecule has 0 nitrogen and oxygen atoms in total. The van der Waals surface area contributed by atoms with Crippen molar-refractivity contribution in [3.05, 3.63) is 35.6 Å². The highest BCUT2D eigenvalue weighted by atomic mass is 35.5. The molecule has 0 aliphatic heterocycles. The van der Waals surface area contributed by atoms with Gasteiger partial charge in [-0.15, -0.1) is 11.6 Å². The van der Waals surface area contributed by atoms with Crippen LogP contribution in [0.2, 0.25) is 0 Å². The molecule has 0 spiro atoms. The molecule has 0 aromatic heterocycles. The van der Waals surface area contributed by atoms with E-state index in [1.165, 1.54) is 12.1 Å². The van der Waals surface area contributed by atoms with Crippen LogP contribution in [0.5, 0.6) is 0 Å². The van der Waals surface area contributed by atoms with Gasteiger partial charge in [0.05, 0.1) is 0 Å². The van der Waals surface area contributed by atoms with E-state index < -0.39 is 0 Å². The van der Waals surface area contributed by atoms with Gasteiger partial charge >= 0.3 is 0 Å². The molecule has 1 unspecified atom stereocenters. The maximum Gasteiger partial charge on any atom is 0.123 e. The zero-order valence-corrected chi connectivity index (χ0v) is 10.1. The molecule has 15 heavy (non-hydrogen) atoms. The van der Waals surface area contributed by atoms with E-state index in [9.17, 15) is 4.39 Å². The van der Waals surface area contributed by atoms with Crippen LogP contribution in [-0.2, 0) is 6.42 Å². The van der Waals surface area contributed by atoms with Gasteiger partial charge < -0.3 is 0 Å². The Labute approximate surface area is 96.5 Å². The lowest BCUT2D eigenvalue weighted by Gasteiger charge is -2.26. The highest BCUT2D eigenvalue weighted by molar-refractivity contribution is 6.18. The molecule has 1 aromatic rings. The third-order valence-electron chi connectivity index (χ3n) is 2.72. The van der Waals surface area contributed by atoms with Crippen molar-refractivity contribution in [3.63, 3.8) is 0 Å². The minimum absolute atomic E-state index is 0.133. The summed E-state index contributed by atoms with van der Waals surface area (Å²) in [7, 11) is 0. The van der Waals surface area contributed by atoms with Gasteiger partial charge in [-0.3, -0.25) is 0 Å². The van der Waals surface area contributed by atoms with Crippen molar-refractivity contribution in [2.75, 3.05) is 5.88 Å². The Hall–Kier alpha value is -0.560. The lowest BCUT2D eigenvalue weighted by molar-refractivity contribution is 0.335. The largest absolute Gasteiger partial charge is 0.207 e. The van der Waals surface area contributed by atoms with Gasteiger partial charge in [-0.2, -0.15) is 0 Å². The molecule has 0 N–H and O–H groups in total. The molecule has 0 aliphatic rings. The first-order chi connectivity index (χ1) is 7.09. The first-order valence-electron chi connectivity index (χ1n) is 5.40. The molecule has 0 aliphatic carbocycles. The van der Waals surface area contributed by atoms with E-state index in [0.717, 1.165) is 24.8 Å². The van der Waals surface area contributed by atoms with Crippen LogP contribution in [0.25, 0.3) is 0 Å². The first kappa shape index (κ1) is 12.5. The van der Waals surface area contributed by atoms with Crippen LogP contribution < -0.4 is 0 Å². The van der Waals surface area contributed by atoms with E-state index in [-0.39, 0.29) is 11.2 Å². The van der Waals surface area contributed by atoms with Gasteiger partial charge in [-0.25, -0.2) is 4.39 Å². The molecule has 0 saturated carbocycles. The highest BCUT2D eigenvalue weighted by Gasteiger charge is 2.22. The Morgan fingerprint density at radius 2 is 1.87 bits per heavy atom. The minimum Gasteiger partial charge on any atom is -0.207 e. The fourth-order valence-corrected chi connectivity index (χ4v) is 2.13. The molecular formula is C13H18ClF. The number of hydrogen-bond acceptors (Lipinski definition) is 0. The molecule has 0 amide bonds. The van der Waals surface area contributed by atoms with Crippen molar-refractivity contribution >= 4 is 11.6 Å². The van der Waals surface area contributed by atoms with Gasteiger partial charge in [0.1, 0.15) is 5.82 Å². The van der Waals surface area contributed by atoms with E-state index in [1.54, 1.807) is 0 Å². The number of alkyl halides is 1. The van der Waals surface area contributed by atoms with Crippen LogP contribution in [0.3, 0.4) is 0 Å². The third kappa shape index (κ3) is 3.83. The summed E-state index contributed by atoms with van der Waals surface area (Å²) in [6.45, 7) is 4.35. The maximum absolute atomic E-state index is 12.7. The molecule has 0 bridgehead atoms. The van der Waals surface area contributed by atoms with E-state index >= 15 is 0 Å². The lowest BCUT2D eigenvalue weighted by Crippen LogP contribution is -2.21. The summed E-state index contributed by atoms with van der Waals surface area (Å²) in [6, 6.07) is 6.71. The van der Waals surface area contributed by atoms with Crippen LogP contribution >= 0.6 is 11.6 Å². The Bertz CT molecular complexity index is 294. The molecule has 1 aromatic carbocycles. The van der Waals surface area contributed by atoms with Gasteiger partial charge in [0.25, 0.3) is 0 Å². The van der Waals surface area contributed by atoms with E-state index in [4.69, 9.17) is 11.6 Å². The third-order valence-corrected chi connectivity index (χ3v) is 3.37. The normalized spacial score (nSPS) is 14.9. The van der Waals surface area contributed by atoms with E-state index in [1.807, 2.05) is 12.1 Å². The Morgan fingerprint density at radius 3 is 2.33 bits per heavy atom. The van der Waals surface area contributed by atoms with Crippen molar-refractivity contribution < 1.29 is 4.39 Å². The molecule has 1 rings (SSSR count).